The van der Waals surface area contributed by atoms with Crippen LogP contribution in [-0.4, -0.2) is 31.1 Å². The van der Waals surface area contributed by atoms with Crippen LogP contribution in [0.1, 0.15) is 16.7 Å². The monoisotopic (exact) mass is 352 g/mol. The molecular formula is C20H20N2O4. The van der Waals surface area contributed by atoms with Gasteiger partial charge < -0.3 is 14.8 Å². The number of hydrogen-bond donors (Lipinski definition) is 1. The minimum absolute atomic E-state index is 0.230. The van der Waals surface area contributed by atoms with Gasteiger partial charge in [-0.15, -0.1) is 0 Å². The zero-order valence-corrected chi connectivity index (χ0v) is 14.9. The Morgan fingerprint density at radius 2 is 1.69 bits per heavy atom. The van der Waals surface area contributed by atoms with Crippen molar-refractivity contribution in [1.29, 1.82) is 0 Å². The minimum Gasteiger partial charge on any atom is -0.493 e. The summed E-state index contributed by atoms with van der Waals surface area (Å²) in [5, 5.41) is 2.64. The number of benzene rings is 2. The number of carbonyl (C=O) groups is 2. The van der Waals surface area contributed by atoms with Crippen LogP contribution < -0.4 is 14.8 Å². The molecule has 0 saturated carbocycles. The van der Waals surface area contributed by atoms with Gasteiger partial charge >= 0.3 is 6.03 Å². The van der Waals surface area contributed by atoms with Gasteiger partial charge in [0.1, 0.15) is 5.70 Å². The lowest BCUT2D eigenvalue weighted by atomic mass is 10.1. The van der Waals surface area contributed by atoms with Gasteiger partial charge in [-0.1, -0.05) is 30.3 Å². The molecule has 26 heavy (non-hydrogen) atoms. The van der Waals surface area contributed by atoms with Crippen molar-refractivity contribution >= 4 is 18.0 Å². The number of carbonyl (C=O) groups excluding carboxylic acids is 2. The molecule has 1 heterocycles. The van der Waals surface area contributed by atoms with E-state index in [1.165, 1.54) is 4.90 Å². The average molecular weight is 352 g/mol. The molecule has 2 aromatic carbocycles. The molecule has 3 amide bonds. The van der Waals surface area contributed by atoms with Gasteiger partial charge in [0.25, 0.3) is 5.91 Å². The van der Waals surface area contributed by atoms with E-state index in [9.17, 15) is 9.59 Å². The van der Waals surface area contributed by atoms with Gasteiger partial charge in [-0.25, -0.2) is 4.79 Å². The molecule has 3 rings (SSSR count). The normalized spacial score (nSPS) is 15.3. The first-order valence-electron chi connectivity index (χ1n) is 8.14. The number of ether oxygens (including phenoxy) is 2. The first kappa shape index (κ1) is 17.5. The largest absolute Gasteiger partial charge is 0.493 e. The molecule has 1 aliphatic heterocycles. The van der Waals surface area contributed by atoms with Crippen LogP contribution in [0.3, 0.4) is 0 Å². The first-order chi connectivity index (χ1) is 12.5. The Bertz CT molecular complexity index is 875. The standard InChI is InChI=1S/C20H20N2O4/c1-13-9-17(25-2)18(26-3)11-15(13)10-16-19(23)22(20(24)21-16)12-14-7-5-4-6-8-14/h4-11H,12H2,1-3H3,(H,21,24). The van der Waals surface area contributed by atoms with Crippen LogP contribution in [0.4, 0.5) is 4.79 Å². The predicted molar refractivity (Wildman–Crippen MR) is 97.8 cm³/mol. The Hall–Kier alpha value is -3.28. The summed E-state index contributed by atoms with van der Waals surface area (Å²) in [4.78, 5) is 26.0. The molecule has 0 aromatic heterocycles. The fraction of sp³-hybridized carbons (Fsp3) is 0.200. The molecule has 0 aliphatic carbocycles. The molecule has 2 aromatic rings. The van der Waals surface area contributed by atoms with E-state index in [4.69, 9.17) is 9.47 Å². The Morgan fingerprint density at radius 1 is 1.04 bits per heavy atom. The van der Waals surface area contributed by atoms with E-state index in [1.54, 1.807) is 26.4 Å². The second-order valence-corrected chi connectivity index (χ2v) is 5.93. The Kier molecular flexibility index (Phi) is 4.93. The third-order valence-electron chi connectivity index (χ3n) is 4.22. The van der Waals surface area contributed by atoms with Crippen LogP contribution >= 0.6 is 0 Å². The van der Waals surface area contributed by atoms with Gasteiger partial charge in [0.05, 0.1) is 20.8 Å². The molecule has 1 N–H and O–H groups in total. The molecule has 1 fully saturated rings. The number of imide groups is 1. The van der Waals surface area contributed by atoms with E-state index >= 15 is 0 Å². The van der Waals surface area contributed by atoms with Crippen LogP contribution in [0, 0.1) is 6.92 Å². The summed E-state index contributed by atoms with van der Waals surface area (Å²) in [6, 6.07) is 12.6. The number of rotatable bonds is 5. The predicted octanol–water partition coefficient (Wildman–Crippen LogP) is 3.11. The molecule has 6 heteroatoms. The highest BCUT2D eigenvalue weighted by atomic mass is 16.5. The zero-order chi connectivity index (χ0) is 18.7. The van der Waals surface area contributed by atoms with Crippen molar-refractivity contribution < 1.29 is 19.1 Å². The number of hydrogen-bond acceptors (Lipinski definition) is 4. The van der Waals surface area contributed by atoms with Crippen molar-refractivity contribution in [2.24, 2.45) is 0 Å². The second-order valence-electron chi connectivity index (χ2n) is 5.93. The Balaban J connectivity index is 1.88. The smallest absolute Gasteiger partial charge is 0.329 e. The number of amides is 3. The molecule has 0 radical (unpaired) electrons. The van der Waals surface area contributed by atoms with Crippen molar-refractivity contribution in [2.75, 3.05) is 14.2 Å². The molecular weight excluding hydrogens is 332 g/mol. The Labute approximate surface area is 152 Å². The molecule has 134 valence electrons. The maximum Gasteiger partial charge on any atom is 0.329 e. The molecule has 0 unspecified atom stereocenters. The van der Waals surface area contributed by atoms with Gasteiger partial charge in [0.2, 0.25) is 0 Å². The summed E-state index contributed by atoms with van der Waals surface area (Å²) >= 11 is 0. The zero-order valence-electron chi connectivity index (χ0n) is 14.9. The van der Waals surface area contributed by atoms with Gasteiger partial charge in [-0.3, -0.25) is 9.69 Å². The lowest BCUT2D eigenvalue weighted by Crippen LogP contribution is -2.30. The number of urea groups is 1. The SMILES string of the molecule is COc1cc(C)c(C=C2NC(=O)N(Cc3ccccc3)C2=O)cc1OC. The fourth-order valence-electron chi connectivity index (χ4n) is 2.79. The average Bonchev–Trinajstić information content (AvgIpc) is 2.91. The molecule has 1 aliphatic rings. The minimum atomic E-state index is -0.428. The number of nitrogens with zero attached hydrogens (tertiary/aromatic N) is 1. The Morgan fingerprint density at radius 3 is 2.35 bits per heavy atom. The topological polar surface area (TPSA) is 67.9 Å². The van der Waals surface area contributed by atoms with Crippen molar-refractivity contribution in [3.05, 3.63) is 64.9 Å². The quantitative estimate of drug-likeness (QED) is 0.663. The fourth-order valence-corrected chi connectivity index (χ4v) is 2.79. The molecule has 1 saturated heterocycles. The third kappa shape index (κ3) is 3.39. The van der Waals surface area contributed by atoms with Gasteiger partial charge in [-0.05, 0) is 41.8 Å². The molecule has 0 bridgehead atoms. The van der Waals surface area contributed by atoms with E-state index < -0.39 is 6.03 Å². The highest BCUT2D eigenvalue weighted by Crippen LogP contribution is 2.31. The maximum absolute atomic E-state index is 12.6. The second kappa shape index (κ2) is 7.31. The molecule has 6 nitrogen and oxygen atoms in total. The van der Waals surface area contributed by atoms with Crippen LogP contribution in [-0.2, 0) is 11.3 Å². The first-order valence-corrected chi connectivity index (χ1v) is 8.14. The van der Waals surface area contributed by atoms with Crippen molar-refractivity contribution in [2.45, 2.75) is 13.5 Å². The number of nitrogens with one attached hydrogen (secondary N) is 1. The van der Waals surface area contributed by atoms with Crippen LogP contribution in [0.5, 0.6) is 11.5 Å². The molecule has 0 atom stereocenters. The summed E-state index contributed by atoms with van der Waals surface area (Å²) in [5.74, 6) is 0.815. The lowest BCUT2D eigenvalue weighted by Gasteiger charge is -2.12. The maximum atomic E-state index is 12.6. The summed E-state index contributed by atoms with van der Waals surface area (Å²) in [5.41, 5.74) is 2.80. The van der Waals surface area contributed by atoms with Crippen molar-refractivity contribution in [3.8, 4) is 11.5 Å². The summed E-state index contributed by atoms with van der Waals surface area (Å²) in [6.45, 7) is 2.13. The lowest BCUT2D eigenvalue weighted by molar-refractivity contribution is -0.123. The summed E-state index contributed by atoms with van der Waals surface area (Å²) < 4.78 is 10.6. The van der Waals surface area contributed by atoms with E-state index in [0.717, 1.165) is 16.7 Å². The van der Waals surface area contributed by atoms with Gasteiger partial charge in [0.15, 0.2) is 11.5 Å². The van der Waals surface area contributed by atoms with Crippen LogP contribution in [0.25, 0.3) is 6.08 Å². The number of methoxy groups -OCH3 is 2. The van der Waals surface area contributed by atoms with Crippen molar-refractivity contribution in [1.82, 2.24) is 10.2 Å². The van der Waals surface area contributed by atoms with E-state index in [-0.39, 0.29) is 18.1 Å². The van der Waals surface area contributed by atoms with Gasteiger partial charge in [0, 0.05) is 0 Å². The summed E-state index contributed by atoms with van der Waals surface area (Å²) in [6.07, 6.45) is 1.66. The van der Waals surface area contributed by atoms with Crippen LogP contribution in [0.2, 0.25) is 0 Å². The van der Waals surface area contributed by atoms with E-state index in [2.05, 4.69) is 5.32 Å². The summed E-state index contributed by atoms with van der Waals surface area (Å²) in [7, 11) is 3.12. The van der Waals surface area contributed by atoms with Gasteiger partial charge in [-0.2, -0.15) is 0 Å². The number of aryl methyl sites for hydroxylation is 1. The highest BCUT2D eigenvalue weighted by Gasteiger charge is 2.33. The molecule has 0 spiro atoms. The van der Waals surface area contributed by atoms with E-state index in [1.807, 2.05) is 43.3 Å². The van der Waals surface area contributed by atoms with Crippen molar-refractivity contribution in [3.63, 3.8) is 0 Å². The van der Waals surface area contributed by atoms with E-state index in [0.29, 0.717) is 11.5 Å². The highest BCUT2D eigenvalue weighted by molar-refractivity contribution is 6.14. The third-order valence-corrected chi connectivity index (χ3v) is 4.22. The van der Waals surface area contributed by atoms with Crippen LogP contribution in [0.15, 0.2) is 48.2 Å².